The molecule has 14 heavy (non-hydrogen) atoms. The quantitative estimate of drug-likeness (QED) is 0.700. The average molecular weight is 196 g/mol. The minimum Gasteiger partial charge on any atom is -0.481 e. The van der Waals surface area contributed by atoms with Crippen molar-refractivity contribution in [3.8, 4) is 0 Å². The number of carbonyl (C=O) groups is 1. The van der Waals surface area contributed by atoms with Crippen LogP contribution in [0.5, 0.6) is 0 Å². The van der Waals surface area contributed by atoms with E-state index in [4.69, 9.17) is 0 Å². The van der Waals surface area contributed by atoms with Crippen LogP contribution in [0, 0.1) is 22.7 Å². The number of carboxylic acid groups (broad SMARTS) is 1. The predicted molar refractivity (Wildman–Crippen MR) is 55.0 cm³/mol. The standard InChI is InChI=1S/C12H20O2/c1-11(2)8-4-5-9(11)7-12(3,6-8)10(13)14/h8-9H,4-7H2,1-3H3,(H,13,14). The molecular formula is C12H20O2. The fourth-order valence-corrected chi connectivity index (χ4v) is 3.56. The molecule has 0 aromatic carbocycles. The van der Waals surface area contributed by atoms with Crippen molar-refractivity contribution in [1.82, 2.24) is 0 Å². The minimum absolute atomic E-state index is 0.384. The van der Waals surface area contributed by atoms with Crippen LogP contribution in [-0.4, -0.2) is 11.1 Å². The van der Waals surface area contributed by atoms with E-state index >= 15 is 0 Å². The van der Waals surface area contributed by atoms with Gasteiger partial charge in [0.15, 0.2) is 0 Å². The van der Waals surface area contributed by atoms with E-state index in [2.05, 4.69) is 13.8 Å². The number of hydrogen-bond acceptors (Lipinski definition) is 1. The largest absolute Gasteiger partial charge is 0.481 e. The number of hydrogen-bond donors (Lipinski definition) is 1. The molecule has 2 rings (SSSR count). The van der Waals surface area contributed by atoms with Crippen molar-refractivity contribution in [2.24, 2.45) is 22.7 Å². The minimum atomic E-state index is -0.593. The van der Waals surface area contributed by atoms with Crippen molar-refractivity contribution in [2.75, 3.05) is 0 Å². The second kappa shape index (κ2) is 2.74. The van der Waals surface area contributed by atoms with Gasteiger partial charge in [-0.25, -0.2) is 0 Å². The summed E-state index contributed by atoms with van der Waals surface area (Å²) in [6, 6.07) is 0. The van der Waals surface area contributed by atoms with Crippen molar-refractivity contribution in [3.63, 3.8) is 0 Å². The third-order valence-corrected chi connectivity index (χ3v) is 4.88. The maximum Gasteiger partial charge on any atom is 0.309 e. The molecule has 0 spiro atoms. The number of aliphatic carboxylic acids is 1. The van der Waals surface area contributed by atoms with Gasteiger partial charge in [0.2, 0.25) is 0 Å². The van der Waals surface area contributed by atoms with E-state index in [0.29, 0.717) is 17.3 Å². The van der Waals surface area contributed by atoms with Crippen LogP contribution in [0.2, 0.25) is 0 Å². The molecule has 0 heterocycles. The van der Waals surface area contributed by atoms with Crippen LogP contribution in [-0.2, 0) is 4.79 Å². The van der Waals surface area contributed by atoms with Crippen LogP contribution in [0.4, 0.5) is 0 Å². The summed E-state index contributed by atoms with van der Waals surface area (Å²) >= 11 is 0. The summed E-state index contributed by atoms with van der Waals surface area (Å²) in [5.74, 6) is 0.662. The van der Waals surface area contributed by atoms with Crippen LogP contribution in [0.1, 0.15) is 46.5 Å². The highest BCUT2D eigenvalue weighted by molar-refractivity contribution is 5.74. The molecule has 1 N–H and O–H groups in total. The molecule has 2 nitrogen and oxygen atoms in total. The number of carboxylic acids is 1. The van der Waals surface area contributed by atoms with Crippen molar-refractivity contribution >= 4 is 5.97 Å². The van der Waals surface area contributed by atoms with Gasteiger partial charge in [-0.05, 0) is 49.9 Å². The third-order valence-electron chi connectivity index (χ3n) is 4.88. The molecule has 0 saturated heterocycles. The lowest BCUT2D eigenvalue weighted by molar-refractivity contribution is -0.153. The van der Waals surface area contributed by atoms with E-state index in [0.717, 1.165) is 12.8 Å². The summed E-state index contributed by atoms with van der Waals surface area (Å²) in [5, 5.41) is 9.23. The zero-order valence-electron chi connectivity index (χ0n) is 9.34. The Labute approximate surface area is 85.7 Å². The third kappa shape index (κ3) is 1.19. The molecule has 2 saturated carbocycles. The number of rotatable bonds is 1. The van der Waals surface area contributed by atoms with E-state index in [9.17, 15) is 9.90 Å². The van der Waals surface area contributed by atoms with Gasteiger partial charge in [0.25, 0.3) is 0 Å². The Hall–Kier alpha value is -0.530. The smallest absolute Gasteiger partial charge is 0.309 e. The van der Waals surface area contributed by atoms with Gasteiger partial charge in [-0.3, -0.25) is 4.79 Å². The van der Waals surface area contributed by atoms with Crippen molar-refractivity contribution < 1.29 is 9.90 Å². The number of fused-ring (bicyclic) bond motifs is 2. The topological polar surface area (TPSA) is 37.3 Å². The Morgan fingerprint density at radius 3 is 1.93 bits per heavy atom. The fourth-order valence-electron chi connectivity index (χ4n) is 3.56. The van der Waals surface area contributed by atoms with Gasteiger partial charge in [0.05, 0.1) is 5.41 Å². The van der Waals surface area contributed by atoms with Crippen molar-refractivity contribution in [2.45, 2.75) is 46.5 Å². The van der Waals surface area contributed by atoms with Gasteiger partial charge in [-0.2, -0.15) is 0 Å². The Morgan fingerprint density at radius 1 is 1.14 bits per heavy atom. The zero-order chi connectivity index (χ0) is 10.6. The van der Waals surface area contributed by atoms with E-state index in [1.807, 2.05) is 6.92 Å². The highest BCUT2D eigenvalue weighted by Crippen LogP contribution is 2.60. The molecule has 2 aliphatic carbocycles. The van der Waals surface area contributed by atoms with Crippen LogP contribution in [0.15, 0.2) is 0 Å². The first-order valence-corrected chi connectivity index (χ1v) is 5.60. The second-order valence-corrected chi connectivity index (χ2v) is 6.07. The highest BCUT2D eigenvalue weighted by atomic mass is 16.4. The van der Waals surface area contributed by atoms with E-state index in [1.54, 1.807) is 0 Å². The monoisotopic (exact) mass is 196 g/mol. The molecule has 0 amide bonds. The maximum atomic E-state index is 11.2. The molecule has 80 valence electrons. The molecule has 2 heteroatoms. The van der Waals surface area contributed by atoms with Gasteiger partial charge < -0.3 is 5.11 Å². The highest BCUT2D eigenvalue weighted by Gasteiger charge is 2.54. The van der Waals surface area contributed by atoms with E-state index in [1.165, 1.54) is 12.8 Å². The fraction of sp³-hybridized carbons (Fsp3) is 0.917. The van der Waals surface area contributed by atoms with Crippen molar-refractivity contribution in [1.29, 1.82) is 0 Å². The molecule has 2 aliphatic rings. The van der Waals surface area contributed by atoms with Gasteiger partial charge in [0, 0.05) is 0 Å². The Balaban J connectivity index is 2.25. The summed E-state index contributed by atoms with van der Waals surface area (Å²) < 4.78 is 0. The second-order valence-electron chi connectivity index (χ2n) is 6.07. The average Bonchev–Trinajstić information content (AvgIpc) is 2.30. The molecule has 2 unspecified atom stereocenters. The summed E-state index contributed by atoms with van der Waals surface area (Å²) in [6.07, 6.45) is 4.23. The molecule has 0 aromatic rings. The van der Waals surface area contributed by atoms with E-state index < -0.39 is 11.4 Å². The first kappa shape index (κ1) is 10.0. The predicted octanol–water partition coefficient (Wildman–Crippen LogP) is 2.92. The Kier molecular flexibility index (Phi) is 1.96. The van der Waals surface area contributed by atoms with E-state index in [-0.39, 0.29) is 0 Å². The van der Waals surface area contributed by atoms with Crippen LogP contribution >= 0.6 is 0 Å². The van der Waals surface area contributed by atoms with Gasteiger partial charge in [-0.1, -0.05) is 13.8 Å². The molecule has 0 aliphatic heterocycles. The SMILES string of the molecule is CC1(C(=O)O)CC2CCC(C1)C2(C)C. The lowest BCUT2D eigenvalue weighted by Gasteiger charge is -2.45. The molecular weight excluding hydrogens is 176 g/mol. The molecule has 2 fully saturated rings. The van der Waals surface area contributed by atoms with Gasteiger partial charge in [0.1, 0.15) is 0 Å². The van der Waals surface area contributed by atoms with Crippen LogP contribution in [0.25, 0.3) is 0 Å². The molecule has 0 radical (unpaired) electrons. The van der Waals surface area contributed by atoms with Crippen LogP contribution < -0.4 is 0 Å². The lowest BCUT2D eigenvalue weighted by atomic mass is 9.59. The summed E-state index contributed by atoms with van der Waals surface area (Å²) in [6.45, 7) is 6.56. The molecule has 2 bridgehead atoms. The Morgan fingerprint density at radius 2 is 1.57 bits per heavy atom. The first-order valence-electron chi connectivity index (χ1n) is 5.60. The summed E-state index contributed by atoms with van der Waals surface area (Å²) in [7, 11) is 0. The summed E-state index contributed by atoms with van der Waals surface area (Å²) in [4.78, 5) is 11.2. The van der Waals surface area contributed by atoms with Crippen LogP contribution in [0.3, 0.4) is 0 Å². The van der Waals surface area contributed by atoms with Gasteiger partial charge in [-0.15, -0.1) is 0 Å². The lowest BCUT2D eigenvalue weighted by Crippen LogP contribution is -2.42. The van der Waals surface area contributed by atoms with Gasteiger partial charge >= 0.3 is 5.97 Å². The molecule has 2 atom stereocenters. The Bertz CT molecular complexity index is 251. The normalized spacial score (nSPS) is 45.1. The first-order chi connectivity index (χ1) is 6.36. The summed E-state index contributed by atoms with van der Waals surface area (Å²) in [5.41, 5.74) is -0.0592. The van der Waals surface area contributed by atoms with Crippen molar-refractivity contribution in [3.05, 3.63) is 0 Å². The molecule has 0 aromatic heterocycles. The maximum absolute atomic E-state index is 11.2. The zero-order valence-corrected chi connectivity index (χ0v) is 9.34.